The summed E-state index contributed by atoms with van der Waals surface area (Å²) < 4.78 is 0.727. The molecule has 1 aliphatic heterocycles. The first kappa shape index (κ1) is 17.7. The van der Waals surface area contributed by atoms with Gasteiger partial charge in [0.1, 0.15) is 5.75 Å². The van der Waals surface area contributed by atoms with E-state index < -0.39 is 0 Å². The zero-order chi connectivity index (χ0) is 19.1. The lowest BCUT2D eigenvalue weighted by molar-refractivity contribution is -0.121. The molecule has 2 aromatic carbocycles. The van der Waals surface area contributed by atoms with Crippen molar-refractivity contribution in [3.8, 4) is 5.75 Å². The summed E-state index contributed by atoms with van der Waals surface area (Å²) >= 11 is 3.30. The first-order valence-electron chi connectivity index (χ1n) is 8.71. The lowest BCUT2D eigenvalue weighted by atomic mass is 10.1. The number of carbonyl (C=O) groups is 3. The van der Waals surface area contributed by atoms with Gasteiger partial charge in [0.15, 0.2) is 0 Å². The Morgan fingerprint density at radius 3 is 2.78 bits per heavy atom. The van der Waals surface area contributed by atoms with E-state index in [-0.39, 0.29) is 42.5 Å². The minimum absolute atomic E-state index is 0.0371. The van der Waals surface area contributed by atoms with Crippen LogP contribution < -0.4 is 5.32 Å². The minimum atomic E-state index is -0.375. The van der Waals surface area contributed by atoms with E-state index in [1.54, 1.807) is 30.3 Å². The normalized spacial score (nSPS) is 17.8. The third-order valence-electron chi connectivity index (χ3n) is 5.08. The Morgan fingerprint density at radius 2 is 1.96 bits per heavy atom. The molecule has 2 N–H and O–H groups in total. The van der Waals surface area contributed by atoms with E-state index in [0.717, 1.165) is 26.9 Å². The van der Waals surface area contributed by atoms with Crippen LogP contribution in [0.5, 0.6) is 5.75 Å². The van der Waals surface area contributed by atoms with Gasteiger partial charge in [0.05, 0.1) is 17.2 Å². The molecule has 3 amide bonds. The fourth-order valence-corrected chi connectivity index (χ4v) is 4.09. The number of nitrogens with zero attached hydrogens (tertiary/aromatic N) is 1. The number of rotatable bonds is 4. The summed E-state index contributed by atoms with van der Waals surface area (Å²) in [6, 6.07) is 10.1. The number of nitrogens with one attached hydrogen (secondary N) is 1. The Balaban J connectivity index is 1.39. The zero-order valence-corrected chi connectivity index (χ0v) is 16.0. The molecule has 0 saturated heterocycles. The molecule has 6 nitrogen and oxygen atoms in total. The first-order valence-corrected chi connectivity index (χ1v) is 9.51. The van der Waals surface area contributed by atoms with Gasteiger partial charge in [0, 0.05) is 17.4 Å². The van der Waals surface area contributed by atoms with Gasteiger partial charge in [-0.3, -0.25) is 19.3 Å². The van der Waals surface area contributed by atoms with Crippen molar-refractivity contribution in [2.75, 3.05) is 6.54 Å². The molecule has 2 aliphatic rings. The van der Waals surface area contributed by atoms with Crippen LogP contribution >= 0.6 is 15.9 Å². The van der Waals surface area contributed by atoms with E-state index in [2.05, 4.69) is 21.2 Å². The molecule has 7 heteroatoms. The molecule has 1 atom stereocenters. The first-order chi connectivity index (χ1) is 13.0. The van der Waals surface area contributed by atoms with Crippen LogP contribution in [-0.4, -0.2) is 34.3 Å². The van der Waals surface area contributed by atoms with Crippen LogP contribution in [0.3, 0.4) is 0 Å². The van der Waals surface area contributed by atoms with Crippen LogP contribution in [0, 0.1) is 0 Å². The monoisotopic (exact) mass is 428 g/mol. The Labute approximate surface area is 164 Å². The molecule has 0 radical (unpaired) electrons. The number of benzene rings is 2. The van der Waals surface area contributed by atoms with Gasteiger partial charge in [0.2, 0.25) is 5.91 Å². The molecule has 0 fully saturated rings. The number of fused-ring (bicyclic) bond motifs is 2. The van der Waals surface area contributed by atoms with Crippen LogP contribution in [0.25, 0.3) is 0 Å². The summed E-state index contributed by atoms with van der Waals surface area (Å²) in [5.41, 5.74) is 2.52. The van der Waals surface area contributed by atoms with Gasteiger partial charge in [-0.2, -0.15) is 0 Å². The smallest absolute Gasteiger partial charge is 0.261 e. The van der Waals surface area contributed by atoms with Crippen LogP contribution in [0.4, 0.5) is 0 Å². The largest absolute Gasteiger partial charge is 0.508 e. The molecule has 0 saturated carbocycles. The highest BCUT2D eigenvalue weighted by Gasteiger charge is 2.35. The van der Waals surface area contributed by atoms with E-state index in [0.29, 0.717) is 17.5 Å². The van der Waals surface area contributed by atoms with Crippen molar-refractivity contribution in [1.29, 1.82) is 0 Å². The maximum Gasteiger partial charge on any atom is 0.261 e. The van der Waals surface area contributed by atoms with Crippen LogP contribution in [-0.2, 0) is 11.2 Å². The van der Waals surface area contributed by atoms with Crippen LogP contribution in [0.1, 0.15) is 50.7 Å². The third-order valence-corrected chi connectivity index (χ3v) is 5.57. The molecule has 0 bridgehead atoms. The van der Waals surface area contributed by atoms with E-state index in [4.69, 9.17) is 0 Å². The Kier molecular flexibility index (Phi) is 4.47. The molecule has 1 aliphatic carbocycles. The molecule has 1 heterocycles. The average molecular weight is 429 g/mol. The molecular formula is C20H17BrN2O4. The molecule has 0 aromatic heterocycles. The summed E-state index contributed by atoms with van der Waals surface area (Å²) in [7, 11) is 0. The Bertz CT molecular complexity index is 972. The maximum absolute atomic E-state index is 12.4. The van der Waals surface area contributed by atoms with Gasteiger partial charge in [-0.05, 0) is 48.2 Å². The number of carbonyl (C=O) groups excluding carboxylic acids is 3. The predicted molar refractivity (Wildman–Crippen MR) is 101 cm³/mol. The number of aromatic hydroxyl groups is 1. The third kappa shape index (κ3) is 3.12. The van der Waals surface area contributed by atoms with Crippen molar-refractivity contribution in [2.24, 2.45) is 0 Å². The molecule has 138 valence electrons. The van der Waals surface area contributed by atoms with Gasteiger partial charge >= 0.3 is 0 Å². The van der Waals surface area contributed by atoms with Crippen LogP contribution in [0.2, 0.25) is 0 Å². The highest BCUT2D eigenvalue weighted by molar-refractivity contribution is 9.10. The summed E-state index contributed by atoms with van der Waals surface area (Å²) in [5.74, 6) is -0.720. The standard InChI is InChI=1S/C20H17BrN2O4/c21-11-4-5-14-15(10-11)20(27)23(19(14)26)9-8-18(25)22-16-7-6-13-12(16)2-1-3-17(13)24/h1-5,10,16,24H,6-9H2,(H,22,25). The molecule has 4 rings (SSSR count). The van der Waals surface area contributed by atoms with Crippen LogP contribution in [0.15, 0.2) is 40.9 Å². The second-order valence-corrected chi connectivity index (χ2v) is 7.62. The lowest BCUT2D eigenvalue weighted by Crippen LogP contribution is -2.35. The summed E-state index contributed by atoms with van der Waals surface area (Å²) in [6.45, 7) is 0.0371. The van der Waals surface area contributed by atoms with E-state index >= 15 is 0 Å². The highest BCUT2D eigenvalue weighted by atomic mass is 79.9. The fourth-order valence-electron chi connectivity index (χ4n) is 3.73. The van der Waals surface area contributed by atoms with Gasteiger partial charge in [-0.15, -0.1) is 0 Å². The van der Waals surface area contributed by atoms with E-state index in [1.165, 1.54) is 0 Å². The fraction of sp³-hybridized carbons (Fsp3) is 0.250. The number of imide groups is 1. The number of hydrogen-bond acceptors (Lipinski definition) is 4. The number of amides is 3. The predicted octanol–water partition coefficient (Wildman–Crippen LogP) is 2.94. The van der Waals surface area contributed by atoms with Gasteiger partial charge in [-0.1, -0.05) is 28.1 Å². The topological polar surface area (TPSA) is 86.7 Å². The highest BCUT2D eigenvalue weighted by Crippen LogP contribution is 2.36. The minimum Gasteiger partial charge on any atom is -0.508 e. The second-order valence-electron chi connectivity index (χ2n) is 6.71. The van der Waals surface area contributed by atoms with Gasteiger partial charge in [-0.25, -0.2) is 0 Å². The van der Waals surface area contributed by atoms with Crippen molar-refractivity contribution in [2.45, 2.75) is 25.3 Å². The summed E-state index contributed by atoms with van der Waals surface area (Å²) in [6.07, 6.45) is 1.47. The second kappa shape index (κ2) is 6.81. The Morgan fingerprint density at radius 1 is 1.19 bits per heavy atom. The number of halogens is 1. The number of hydrogen-bond donors (Lipinski definition) is 2. The summed E-state index contributed by atoms with van der Waals surface area (Å²) in [4.78, 5) is 38.3. The average Bonchev–Trinajstić information content (AvgIpc) is 3.14. The van der Waals surface area contributed by atoms with Gasteiger partial charge in [0.25, 0.3) is 11.8 Å². The molecule has 1 unspecified atom stereocenters. The summed E-state index contributed by atoms with van der Waals surface area (Å²) in [5, 5.41) is 12.8. The van der Waals surface area contributed by atoms with E-state index in [9.17, 15) is 19.5 Å². The lowest BCUT2D eigenvalue weighted by Gasteiger charge is -2.17. The van der Waals surface area contributed by atoms with E-state index in [1.807, 2.05) is 6.07 Å². The molecular weight excluding hydrogens is 412 g/mol. The molecule has 0 spiro atoms. The van der Waals surface area contributed by atoms with Crippen molar-refractivity contribution in [3.63, 3.8) is 0 Å². The molecule has 2 aromatic rings. The zero-order valence-electron chi connectivity index (χ0n) is 14.4. The van der Waals surface area contributed by atoms with Crippen molar-refractivity contribution in [3.05, 3.63) is 63.1 Å². The maximum atomic E-state index is 12.4. The SMILES string of the molecule is O=C(CCN1C(=O)c2ccc(Br)cc2C1=O)NC1CCc2c(O)cccc21. The van der Waals surface area contributed by atoms with Crippen molar-refractivity contribution >= 4 is 33.7 Å². The quantitative estimate of drug-likeness (QED) is 0.732. The Hall–Kier alpha value is -2.67. The number of phenols is 1. The van der Waals surface area contributed by atoms with Crippen molar-refractivity contribution in [1.82, 2.24) is 10.2 Å². The van der Waals surface area contributed by atoms with Crippen molar-refractivity contribution < 1.29 is 19.5 Å². The number of phenolic OH excluding ortho intramolecular Hbond substituents is 1. The van der Waals surface area contributed by atoms with Gasteiger partial charge < -0.3 is 10.4 Å². The molecule has 27 heavy (non-hydrogen) atoms.